The smallest absolute Gasteiger partial charge is 0.0772 e. The second kappa shape index (κ2) is 7.12. The lowest BCUT2D eigenvalue weighted by atomic mass is 10.0. The van der Waals surface area contributed by atoms with Crippen LogP contribution in [0.4, 0.5) is 0 Å². The summed E-state index contributed by atoms with van der Waals surface area (Å²) >= 11 is 5.11. The fourth-order valence-electron chi connectivity index (χ4n) is 2.02. The minimum absolute atomic E-state index is 0.290. The van der Waals surface area contributed by atoms with E-state index in [1.54, 1.807) is 0 Å². The van der Waals surface area contributed by atoms with Crippen molar-refractivity contribution >= 4 is 27.5 Å². The molecule has 0 amide bonds. The van der Waals surface area contributed by atoms with Crippen molar-refractivity contribution in [2.24, 2.45) is 0 Å². The zero-order valence-corrected chi connectivity index (χ0v) is 13.6. The van der Waals surface area contributed by atoms with Gasteiger partial charge in [-0.15, -0.1) is 5.10 Å². The van der Waals surface area contributed by atoms with Crippen molar-refractivity contribution in [1.29, 1.82) is 0 Å². The summed E-state index contributed by atoms with van der Waals surface area (Å²) < 4.78 is 5.22. The fraction of sp³-hybridized carbons (Fsp3) is 0.429. The molecule has 1 aromatic heterocycles. The lowest BCUT2D eigenvalue weighted by Gasteiger charge is -2.18. The maximum atomic E-state index is 4.13. The lowest BCUT2D eigenvalue weighted by molar-refractivity contribution is 0.533. The van der Waals surface area contributed by atoms with E-state index in [2.05, 4.69) is 56.0 Å². The zero-order valence-electron chi connectivity index (χ0n) is 11.2. The average molecular weight is 340 g/mol. The largest absolute Gasteiger partial charge is 0.309 e. The topological polar surface area (TPSA) is 37.8 Å². The van der Waals surface area contributed by atoms with Crippen LogP contribution in [0.1, 0.15) is 35.5 Å². The van der Waals surface area contributed by atoms with Crippen LogP contribution in [0, 0.1) is 6.92 Å². The van der Waals surface area contributed by atoms with Gasteiger partial charge in [0, 0.05) is 10.5 Å². The van der Waals surface area contributed by atoms with E-state index in [1.807, 2.05) is 13.0 Å². The summed E-state index contributed by atoms with van der Waals surface area (Å²) in [7, 11) is 0. The molecule has 2 rings (SSSR count). The Labute approximate surface area is 126 Å². The van der Waals surface area contributed by atoms with E-state index in [0.717, 1.165) is 29.6 Å². The van der Waals surface area contributed by atoms with Gasteiger partial charge in [0.05, 0.1) is 10.6 Å². The molecule has 3 nitrogen and oxygen atoms in total. The van der Waals surface area contributed by atoms with Gasteiger partial charge < -0.3 is 5.32 Å². The van der Waals surface area contributed by atoms with Crippen molar-refractivity contribution in [2.45, 2.75) is 32.7 Å². The van der Waals surface area contributed by atoms with Crippen LogP contribution in [0.2, 0.25) is 0 Å². The highest BCUT2D eigenvalue weighted by atomic mass is 79.9. The van der Waals surface area contributed by atoms with Crippen molar-refractivity contribution < 1.29 is 0 Å². The van der Waals surface area contributed by atoms with Gasteiger partial charge in [-0.2, -0.15) is 0 Å². The molecule has 19 heavy (non-hydrogen) atoms. The van der Waals surface area contributed by atoms with Gasteiger partial charge in [-0.1, -0.05) is 45.5 Å². The summed E-state index contributed by atoms with van der Waals surface area (Å²) in [6.07, 6.45) is 2.07. The number of aromatic nitrogens is 2. The molecule has 5 heteroatoms. The fourth-order valence-corrected chi connectivity index (χ4v) is 3.18. The van der Waals surface area contributed by atoms with Gasteiger partial charge in [-0.25, -0.2) is 0 Å². The number of hydrogen-bond acceptors (Lipinski definition) is 4. The van der Waals surface area contributed by atoms with Gasteiger partial charge in [-0.3, -0.25) is 0 Å². The van der Waals surface area contributed by atoms with Gasteiger partial charge in [0.15, 0.2) is 0 Å². The molecule has 1 unspecified atom stereocenters. The molecular formula is C14H18BrN3S. The van der Waals surface area contributed by atoms with E-state index in [-0.39, 0.29) is 0 Å². The van der Waals surface area contributed by atoms with E-state index >= 15 is 0 Å². The number of halogens is 1. The van der Waals surface area contributed by atoms with Gasteiger partial charge in [-0.05, 0) is 49.5 Å². The second-order valence-electron chi connectivity index (χ2n) is 4.52. The van der Waals surface area contributed by atoms with E-state index < -0.39 is 0 Å². The molecule has 0 aliphatic rings. The summed E-state index contributed by atoms with van der Waals surface area (Å²) in [5.74, 6) is 0. The molecule has 1 atom stereocenters. The molecule has 0 radical (unpaired) electrons. The first-order valence-corrected chi connectivity index (χ1v) is 8.04. The molecule has 102 valence electrons. The number of rotatable bonds is 6. The van der Waals surface area contributed by atoms with E-state index in [0.29, 0.717) is 6.04 Å². The predicted molar refractivity (Wildman–Crippen MR) is 83.5 cm³/mol. The molecule has 1 aromatic carbocycles. The average Bonchev–Trinajstić information content (AvgIpc) is 2.83. The molecule has 0 spiro atoms. The Morgan fingerprint density at radius 3 is 2.79 bits per heavy atom. The molecular weight excluding hydrogens is 322 g/mol. The van der Waals surface area contributed by atoms with Crippen LogP contribution < -0.4 is 5.32 Å². The van der Waals surface area contributed by atoms with Crippen LogP contribution in [0.3, 0.4) is 0 Å². The normalized spacial score (nSPS) is 12.6. The Morgan fingerprint density at radius 2 is 2.16 bits per heavy atom. The Hall–Kier alpha value is -0.780. The highest BCUT2D eigenvalue weighted by Crippen LogP contribution is 2.27. The monoisotopic (exact) mass is 339 g/mol. The van der Waals surface area contributed by atoms with Gasteiger partial charge in [0.2, 0.25) is 0 Å². The molecule has 1 N–H and O–H groups in total. The van der Waals surface area contributed by atoms with Gasteiger partial charge in [0.1, 0.15) is 0 Å². The third kappa shape index (κ3) is 3.84. The third-order valence-corrected chi connectivity index (χ3v) is 4.74. The second-order valence-corrected chi connectivity index (χ2v) is 6.16. The number of nitrogens with zero attached hydrogens (tertiary/aromatic N) is 2. The third-order valence-electron chi connectivity index (χ3n) is 3.03. The molecule has 1 heterocycles. The van der Waals surface area contributed by atoms with Crippen molar-refractivity contribution in [3.05, 3.63) is 44.9 Å². The van der Waals surface area contributed by atoms with E-state index in [4.69, 9.17) is 0 Å². The molecule has 0 saturated heterocycles. The Balaban J connectivity index is 2.19. The maximum Gasteiger partial charge on any atom is 0.0772 e. The lowest BCUT2D eigenvalue weighted by Crippen LogP contribution is -2.24. The van der Waals surface area contributed by atoms with Crippen LogP contribution in [0.5, 0.6) is 0 Å². The summed E-state index contributed by atoms with van der Waals surface area (Å²) in [4.78, 5) is 1.24. The molecule has 0 fully saturated rings. The SMILES string of the molecule is CCCNC(Cc1ccccc1Br)c1snnc1C. The minimum Gasteiger partial charge on any atom is -0.309 e. The quantitative estimate of drug-likeness (QED) is 0.867. The van der Waals surface area contributed by atoms with Crippen LogP contribution in [0.25, 0.3) is 0 Å². The number of nitrogens with one attached hydrogen (secondary N) is 1. The Bertz CT molecular complexity index is 527. The molecule has 0 bridgehead atoms. The standard InChI is InChI=1S/C14H18BrN3S/c1-3-8-16-13(14-10(2)17-18-19-14)9-11-6-4-5-7-12(11)15/h4-7,13,16H,3,8-9H2,1-2H3. The van der Waals surface area contributed by atoms with Crippen LogP contribution in [-0.4, -0.2) is 16.1 Å². The Kier molecular flexibility index (Phi) is 5.48. The first-order valence-electron chi connectivity index (χ1n) is 6.48. The van der Waals surface area contributed by atoms with E-state index in [9.17, 15) is 0 Å². The van der Waals surface area contributed by atoms with Crippen molar-refractivity contribution in [2.75, 3.05) is 6.54 Å². The Morgan fingerprint density at radius 1 is 1.37 bits per heavy atom. The van der Waals surface area contributed by atoms with Crippen LogP contribution >= 0.6 is 27.5 Å². The highest BCUT2D eigenvalue weighted by Gasteiger charge is 2.18. The molecule has 2 aromatic rings. The molecule has 0 aliphatic carbocycles. The summed E-state index contributed by atoms with van der Waals surface area (Å²) in [5.41, 5.74) is 2.34. The first kappa shape index (κ1) is 14.6. The van der Waals surface area contributed by atoms with Gasteiger partial charge in [0.25, 0.3) is 0 Å². The maximum absolute atomic E-state index is 4.13. The van der Waals surface area contributed by atoms with Crippen LogP contribution in [-0.2, 0) is 6.42 Å². The summed E-state index contributed by atoms with van der Waals surface area (Å²) in [5, 5.41) is 7.72. The van der Waals surface area contributed by atoms with Crippen molar-refractivity contribution in [3.63, 3.8) is 0 Å². The van der Waals surface area contributed by atoms with Crippen LogP contribution in [0.15, 0.2) is 28.7 Å². The van der Waals surface area contributed by atoms with Crippen molar-refractivity contribution in [1.82, 2.24) is 14.9 Å². The summed E-state index contributed by atoms with van der Waals surface area (Å²) in [6.45, 7) is 5.21. The number of aryl methyl sites for hydroxylation is 1. The number of benzene rings is 1. The van der Waals surface area contributed by atoms with Gasteiger partial charge >= 0.3 is 0 Å². The number of hydrogen-bond donors (Lipinski definition) is 1. The molecule has 0 aliphatic heterocycles. The first-order chi connectivity index (χ1) is 9.22. The minimum atomic E-state index is 0.290. The van der Waals surface area contributed by atoms with E-state index in [1.165, 1.54) is 22.0 Å². The predicted octanol–water partition coefficient (Wildman–Crippen LogP) is 3.89. The molecule has 0 saturated carbocycles. The van der Waals surface area contributed by atoms with Crippen molar-refractivity contribution in [3.8, 4) is 0 Å². The zero-order chi connectivity index (χ0) is 13.7. The highest BCUT2D eigenvalue weighted by molar-refractivity contribution is 9.10. The summed E-state index contributed by atoms with van der Waals surface area (Å²) in [6, 6.07) is 8.66.